The van der Waals surface area contributed by atoms with Gasteiger partial charge in [0.2, 0.25) is 0 Å². The molecule has 4 aromatic rings. The summed E-state index contributed by atoms with van der Waals surface area (Å²) in [6, 6.07) is 3.86. The van der Waals surface area contributed by atoms with Gasteiger partial charge in [0.15, 0.2) is 17.3 Å². The maximum atomic E-state index is 13.1. The molecular formula is C21H22N8O3S. The lowest BCUT2D eigenvalue weighted by Crippen LogP contribution is -2.30. The number of rotatable bonds is 6. The predicted octanol–water partition coefficient (Wildman–Crippen LogP) is 3.56. The zero-order valence-electron chi connectivity index (χ0n) is 18.2. The topological polar surface area (TPSA) is 131 Å². The van der Waals surface area contributed by atoms with Crippen LogP contribution in [0.2, 0.25) is 0 Å². The fourth-order valence-corrected chi connectivity index (χ4v) is 4.99. The molecule has 0 bridgehead atoms. The van der Waals surface area contributed by atoms with Gasteiger partial charge in [-0.15, -0.1) is 16.4 Å². The molecule has 2 N–H and O–H groups in total. The van der Waals surface area contributed by atoms with Crippen molar-refractivity contribution in [2.45, 2.75) is 26.2 Å². The molecule has 170 valence electrons. The molecule has 0 unspecified atom stereocenters. The lowest BCUT2D eigenvalue weighted by molar-refractivity contribution is 0.102. The molecule has 1 fully saturated rings. The molecule has 0 saturated carbocycles. The Morgan fingerprint density at radius 3 is 2.82 bits per heavy atom. The Morgan fingerprint density at radius 2 is 2.06 bits per heavy atom. The summed E-state index contributed by atoms with van der Waals surface area (Å²) in [6.45, 7) is 3.75. The Morgan fingerprint density at radius 1 is 1.21 bits per heavy atom. The second-order valence-electron chi connectivity index (χ2n) is 7.63. The van der Waals surface area contributed by atoms with Crippen LogP contribution in [-0.4, -0.2) is 56.7 Å². The van der Waals surface area contributed by atoms with E-state index in [1.807, 2.05) is 19.1 Å². The summed E-state index contributed by atoms with van der Waals surface area (Å²) >= 11 is 1.31. The first-order valence-electron chi connectivity index (χ1n) is 10.5. The molecule has 0 spiro atoms. The molecule has 0 aliphatic carbocycles. The third-order valence-corrected chi connectivity index (χ3v) is 6.60. The lowest BCUT2D eigenvalue weighted by Gasteiger charge is -2.28. The maximum absolute atomic E-state index is 13.1. The number of methoxy groups -OCH3 is 1. The maximum Gasteiger partial charge on any atom is 0.272 e. The second kappa shape index (κ2) is 8.98. The van der Waals surface area contributed by atoms with Crippen molar-refractivity contribution < 1.29 is 14.3 Å². The number of aromatic amines is 1. The normalized spacial score (nSPS) is 13.8. The molecule has 11 nitrogen and oxygen atoms in total. The van der Waals surface area contributed by atoms with Crippen molar-refractivity contribution in [3.8, 4) is 17.2 Å². The van der Waals surface area contributed by atoms with E-state index < -0.39 is 5.91 Å². The third-order valence-electron chi connectivity index (χ3n) is 5.46. The Kier molecular flexibility index (Phi) is 5.73. The molecule has 5 rings (SSSR count). The number of piperidine rings is 1. The van der Waals surface area contributed by atoms with E-state index >= 15 is 0 Å². The van der Waals surface area contributed by atoms with Crippen LogP contribution in [0.4, 0.5) is 11.8 Å². The molecule has 0 radical (unpaired) electrons. The van der Waals surface area contributed by atoms with Crippen LogP contribution >= 0.6 is 11.3 Å². The number of fused-ring (bicyclic) bond motifs is 1. The predicted molar refractivity (Wildman–Crippen MR) is 123 cm³/mol. The van der Waals surface area contributed by atoms with Crippen molar-refractivity contribution in [3.63, 3.8) is 0 Å². The molecular weight excluding hydrogens is 444 g/mol. The number of H-pyrrole nitrogens is 1. The molecule has 1 aliphatic heterocycles. The van der Waals surface area contributed by atoms with Crippen LogP contribution in [0.15, 0.2) is 24.7 Å². The number of carbonyl (C=O) groups excluding carboxylic acids is 1. The first kappa shape index (κ1) is 21.1. The highest BCUT2D eigenvalue weighted by Gasteiger charge is 2.25. The van der Waals surface area contributed by atoms with Crippen molar-refractivity contribution in [2.24, 2.45) is 0 Å². The number of ether oxygens (including phenoxy) is 2. The zero-order chi connectivity index (χ0) is 22.8. The third kappa shape index (κ3) is 4.16. The van der Waals surface area contributed by atoms with Gasteiger partial charge in [-0.05, 0) is 49.1 Å². The summed E-state index contributed by atoms with van der Waals surface area (Å²) in [7, 11) is 1.62. The molecule has 4 heterocycles. The monoisotopic (exact) mass is 466 g/mol. The van der Waals surface area contributed by atoms with Gasteiger partial charge in [-0.25, -0.2) is 9.97 Å². The average molecular weight is 467 g/mol. The quantitative estimate of drug-likeness (QED) is 0.438. The van der Waals surface area contributed by atoms with Crippen molar-refractivity contribution >= 4 is 39.1 Å². The van der Waals surface area contributed by atoms with Crippen LogP contribution < -0.4 is 19.7 Å². The van der Waals surface area contributed by atoms with Gasteiger partial charge in [0, 0.05) is 23.2 Å². The summed E-state index contributed by atoms with van der Waals surface area (Å²) in [5.41, 5.74) is 0.958. The Hall–Kier alpha value is -3.80. The summed E-state index contributed by atoms with van der Waals surface area (Å²) < 4.78 is 12.8. The number of anilines is 2. The number of aromatic nitrogens is 6. The van der Waals surface area contributed by atoms with E-state index in [4.69, 9.17) is 9.47 Å². The smallest absolute Gasteiger partial charge is 0.272 e. The van der Waals surface area contributed by atoms with Crippen LogP contribution in [0.3, 0.4) is 0 Å². The van der Waals surface area contributed by atoms with Gasteiger partial charge < -0.3 is 14.4 Å². The highest BCUT2D eigenvalue weighted by Crippen LogP contribution is 2.44. The SMILES string of the molecule is COc1cc2c(Oc3cncnc3N3CCCCC3)c(C(=O)Nc3nn[nH]n3)sc2cc1C. The highest BCUT2D eigenvalue weighted by atomic mass is 32.1. The Balaban J connectivity index is 1.59. The van der Waals surface area contributed by atoms with Gasteiger partial charge in [0.25, 0.3) is 11.9 Å². The number of nitrogens with zero attached hydrogens (tertiary/aromatic N) is 6. The van der Waals surface area contributed by atoms with Crippen LogP contribution in [0, 0.1) is 6.92 Å². The minimum atomic E-state index is -0.402. The number of nitrogens with one attached hydrogen (secondary N) is 2. The van der Waals surface area contributed by atoms with Crippen LogP contribution in [0.5, 0.6) is 17.2 Å². The molecule has 1 saturated heterocycles. The van der Waals surface area contributed by atoms with Crippen LogP contribution in [-0.2, 0) is 0 Å². The van der Waals surface area contributed by atoms with Gasteiger partial charge >= 0.3 is 0 Å². The van der Waals surface area contributed by atoms with Crippen molar-refractivity contribution in [1.29, 1.82) is 0 Å². The second-order valence-corrected chi connectivity index (χ2v) is 8.68. The molecule has 3 aromatic heterocycles. The first-order chi connectivity index (χ1) is 16.1. The molecule has 1 amide bonds. The fraction of sp³-hybridized carbons (Fsp3) is 0.333. The summed E-state index contributed by atoms with van der Waals surface area (Å²) in [6.07, 6.45) is 6.54. The largest absolute Gasteiger partial charge is 0.496 e. The number of carbonyl (C=O) groups is 1. The minimum Gasteiger partial charge on any atom is -0.496 e. The Labute approximate surface area is 193 Å². The van der Waals surface area contributed by atoms with E-state index in [9.17, 15) is 4.79 Å². The highest BCUT2D eigenvalue weighted by molar-refractivity contribution is 7.21. The van der Waals surface area contributed by atoms with E-state index in [1.54, 1.807) is 13.3 Å². The van der Waals surface area contributed by atoms with Crippen LogP contribution in [0.25, 0.3) is 10.1 Å². The molecule has 0 atom stereocenters. The van der Waals surface area contributed by atoms with Gasteiger partial charge in [-0.2, -0.15) is 5.21 Å². The summed E-state index contributed by atoms with van der Waals surface area (Å²) in [4.78, 5) is 24.4. The van der Waals surface area contributed by atoms with E-state index in [0.29, 0.717) is 27.9 Å². The number of benzene rings is 1. The van der Waals surface area contributed by atoms with Crippen molar-refractivity contribution in [3.05, 3.63) is 35.1 Å². The van der Waals surface area contributed by atoms with E-state index in [2.05, 4.69) is 40.8 Å². The first-order valence-corrected chi connectivity index (χ1v) is 11.3. The number of tetrazole rings is 1. The van der Waals surface area contributed by atoms with Gasteiger partial charge in [-0.3, -0.25) is 10.1 Å². The van der Waals surface area contributed by atoms with Crippen molar-refractivity contribution in [2.75, 3.05) is 30.4 Å². The fourth-order valence-electron chi connectivity index (χ4n) is 3.88. The number of hydrogen-bond acceptors (Lipinski definition) is 10. The average Bonchev–Trinajstić information content (AvgIpc) is 3.47. The Bertz CT molecular complexity index is 1280. The van der Waals surface area contributed by atoms with E-state index in [0.717, 1.165) is 41.6 Å². The lowest BCUT2D eigenvalue weighted by atomic mass is 10.1. The van der Waals surface area contributed by atoms with E-state index in [-0.39, 0.29) is 5.95 Å². The number of aryl methyl sites for hydroxylation is 1. The summed E-state index contributed by atoms with van der Waals surface area (Å²) in [5, 5.41) is 16.8. The minimum absolute atomic E-state index is 0.0780. The number of hydrogen-bond donors (Lipinski definition) is 2. The summed E-state index contributed by atoms with van der Waals surface area (Å²) in [5.74, 6) is 1.99. The standard InChI is InChI=1S/C21H22N8O3S/c1-12-8-16-13(9-14(12)31-2)17(18(33-16)20(30)24-21-25-27-28-26-21)32-15-10-22-11-23-19(15)29-6-4-3-5-7-29/h8-11H,3-7H2,1-2H3,(H2,24,25,26,27,28,30). The molecule has 12 heteroatoms. The number of thiophene rings is 1. The molecule has 1 aromatic carbocycles. The zero-order valence-corrected chi connectivity index (χ0v) is 19.0. The van der Waals surface area contributed by atoms with Gasteiger partial charge in [0.05, 0.1) is 13.3 Å². The van der Waals surface area contributed by atoms with Crippen molar-refractivity contribution in [1.82, 2.24) is 30.6 Å². The van der Waals surface area contributed by atoms with E-state index in [1.165, 1.54) is 24.1 Å². The molecule has 33 heavy (non-hydrogen) atoms. The van der Waals surface area contributed by atoms with Gasteiger partial charge in [0.1, 0.15) is 17.0 Å². The number of amides is 1. The molecule has 1 aliphatic rings. The van der Waals surface area contributed by atoms with Crippen LogP contribution in [0.1, 0.15) is 34.5 Å². The van der Waals surface area contributed by atoms with Gasteiger partial charge in [-0.1, -0.05) is 5.10 Å².